The van der Waals surface area contributed by atoms with Gasteiger partial charge in [0.25, 0.3) is 0 Å². The summed E-state index contributed by atoms with van der Waals surface area (Å²) in [7, 11) is 0. The highest BCUT2D eigenvalue weighted by molar-refractivity contribution is 5.90. The fourth-order valence-electron chi connectivity index (χ4n) is 1.60. The molecule has 0 unspecified atom stereocenters. The molecule has 6 N–H and O–H groups in total. The molecule has 0 saturated heterocycles. The molecule has 1 rings (SSSR count). The number of aromatic carboxylic acids is 1. The Morgan fingerprint density at radius 1 is 1.47 bits per heavy atom. The van der Waals surface area contributed by atoms with Gasteiger partial charge in [0.2, 0.25) is 0 Å². The van der Waals surface area contributed by atoms with Crippen LogP contribution < -0.4 is 11.5 Å². The molecule has 17 heavy (non-hydrogen) atoms. The number of phenolic OH excluding ortho intramolecular Hbond substituents is 1. The third kappa shape index (κ3) is 3.33. The number of aromatic hydroxyl groups is 1. The lowest BCUT2D eigenvalue weighted by molar-refractivity contribution is 0.0694. The van der Waals surface area contributed by atoms with Crippen molar-refractivity contribution in [1.29, 1.82) is 0 Å². The Morgan fingerprint density at radius 3 is 2.53 bits per heavy atom. The number of benzene rings is 1. The van der Waals surface area contributed by atoms with Crippen LogP contribution in [0.3, 0.4) is 0 Å². The van der Waals surface area contributed by atoms with E-state index in [9.17, 15) is 9.90 Å². The third-order valence-corrected chi connectivity index (χ3v) is 2.50. The predicted octanol–water partition coefficient (Wildman–Crippen LogP) is 1.17. The standard InChI is InChI=1S/C11H16N2O3.ClH/c1-6-2-3-7(11(15)16)9(10(6)14)8(13)4-5-12;/h2-3,8,14H,4-5,12-13H2,1H3,(H,15,16);1H/t8-;/m1./s1. The second-order valence-electron chi connectivity index (χ2n) is 3.68. The summed E-state index contributed by atoms with van der Waals surface area (Å²) in [6, 6.07) is 2.44. The summed E-state index contributed by atoms with van der Waals surface area (Å²) in [5.41, 5.74) is 12.1. The van der Waals surface area contributed by atoms with E-state index < -0.39 is 12.0 Å². The normalized spacial score (nSPS) is 11.7. The maximum Gasteiger partial charge on any atom is 0.336 e. The highest BCUT2D eigenvalue weighted by Gasteiger charge is 2.20. The van der Waals surface area contributed by atoms with Crippen LogP contribution in [0.2, 0.25) is 0 Å². The monoisotopic (exact) mass is 260 g/mol. The summed E-state index contributed by atoms with van der Waals surface area (Å²) in [4.78, 5) is 11.0. The summed E-state index contributed by atoms with van der Waals surface area (Å²) in [5, 5.41) is 18.8. The molecule has 0 aliphatic heterocycles. The second-order valence-corrected chi connectivity index (χ2v) is 3.68. The number of carbonyl (C=O) groups is 1. The van der Waals surface area contributed by atoms with Crippen LogP contribution in [0.4, 0.5) is 0 Å². The van der Waals surface area contributed by atoms with E-state index in [1.54, 1.807) is 13.0 Å². The Balaban J connectivity index is 0.00000256. The molecule has 1 aromatic rings. The van der Waals surface area contributed by atoms with Crippen molar-refractivity contribution in [3.05, 3.63) is 28.8 Å². The molecule has 1 aromatic carbocycles. The number of nitrogens with two attached hydrogens (primary N) is 2. The Bertz CT molecular complexity index is 410. The van der Waals surface area contributed by atoms with E-state index >= 15 is 0 Å². The van der Waals surface area contributed by atoms with E-state index in [2.05, 4.69) is 0 Å². The van der Waals surface area contributed by atoms with Crippen LogP contribution in [-0.2, 0) is 0 Å². The number of halogens is 1. The molecule has 0 saturated carbocycles. The number of rotatable bonds is 4. The van der Waals surface area contributed by atoms with Crippen molar-refractivity contribution in [3.63, 3.8) is 0 Å². The first-order valence-corrected chi connectivity index (χ1v) is 5.00. The highest BCUT2D eigenvalue weighted by Crippen LogP contribution is 2.31. The second kappa shape index (κ2) is 6.44. The molecule has 0 spiro atoms. The fraction of sp³-hybridized carbons (Fsp3) is 0.364. The molecule has 0 heterocycles. The zero-order chi connectivity index (χ0) is 12.3. The molecule has 6 heteroatoms. The topological polar surface area (TPSA) is 110 Å². The van der Waals surface area contributed by atoms with Gasteiger partial charge in [0.1, 0.15) is 5.75 Å². The van der Waals surface area contributed by atoms with E-state index in [1.165, 1.54) is 6.07 Å². The average Bonchev–Trinajstić information content (AvgIpc) is 2.21. The number of hydrogen-bond donors (Lipinski definition) is 4. The van der Waals surface area contributed by atoms with Gasteiger partial charge in [-0.2, -0.15) is 0 Å². The summed E-state index contributed by atoms with van der Waals surface area (Å²) in [6.07, 6.45) is 0.428. The lowest BCUT2D eigenvalue weighted by Crippen LogP contribution is -2.19. The first-order chi connectivity index (χ1) is 7.49. The lowest BCUT2D eigenvalue weighted by atomic mass is 9.95. The van der Waals surface area contributed by atoms with E-state index in [0.717, 1.165) is 0 Å². The summed E-state index contributed by atoms with van der Waals surface area (Å²) >= 11 is 0. The Morgan fingerprint density at radius 2 is 2.06 bits per heavy atom. The van der Waals surface area contributed by atoms with Crippen LogP contribution in [0.15, 0.2) is 12.1 Å². The number of phenols is 1. The Kier molecular flexibility index (Phi) is 5.95. The van der Waals surface area contributed by atoms with Gasteiger partial charge in [-0.05, 0) is 31.5 Å². The van der Waals surface area contributed by atoms with Crippen LogP contribution in [0.1, 0.15) is 33.9 Å². The van der Waals surface area contributed by atoms with Crippen molar-refractivity contribution in [2.75, 3.05) is 6.54 Å². The Labute approximate surface area is 106 Å². The fourth-order valence-corrected chi connectivity index (χ4v) is 1.60. The van der Waals surface area contributed by atoms with Crippen molar-refractivity contribution in [2.24, 2.45) is 11.5 Å². The molecule has 0 bridgehead atoms. The van der Waals surface area contributed by atoms with Gasteiger partial charge in [-0.25, -0.2) is 4.79 Å². The minimum absolute atomic E-state index is 0. The predicted molar refractivity (Wildman–Crippen MR) is 67.7 cm³/mol. The number of hydrogen-bond acceptors (Lipinski definition) is 4. The van der Waals surface area contributed by atoms with Crippen LogP contribution >= 0.6 is 12.4 Å². The lowest BCUT2D eigenvalue weighted by Gasteiger charge is -2.16. The van der Waals surface area contributed by atoms with E-state index in [0.29, 0.717) is 18.5 Å². The van der Waals surface area contributed by atoms with E-state index in [4.69, 9.17) is 16.6 Å². The zero-order valence-corrected chi connectivity index (χ0v) is 10.3. The van der Waals surface area contributed by atoms with Gasteiger partial charge in [0.05, 0.1) is 5.56 Å². The van der Waals surface area contributed by atoms with Crippen molar-refractivity contribution in [3.8, 4) is 5.75 Å². The number of carboxylic acids is 1. The zero-order valence-electron chi connectivity index (χ0n) is 9.51. The van der Waals surface area contributed by atoms with Gasteiger partial charge < -0.3 is 21.7 Å². The number of carboxylic acid groups (broad SMARTS) is 1. The van der Waals surface area contributed by atoms with Gasteiger partial charge in [-0.3, -0.25) is 0 Å². The Hall–Kier alpha value is -1.30. The van der Waals surface area contributed by atoms with Crippen molar-refractivity contribution < 1.29 is 15.0 Å². The van der Waals surface area contributed by atoms with Gasteiger partial charge in [0, 0.05) is 11.6 Å². The van der Waals surface area contributed by atoms with Gasteiger partial charge >= 0.3 is 5.97 Å². The van der Waals surface area contributed by atoms with Gasteiger partial charge in [-0.15, -0.1) is 12.4 Å². The maximum atomic E-state index is 11.0. The van der Waals surface area contributed by atoms with Crippen LogP contribution in [0.5, 0.6) is 5.75 Å². The smallest absolute Gasteiger partial charge is 0.336 e. The SMILES string of the molecule is Cc1ccc(C(=O)O)c([C@H](N)CCN)c1O.Cl. The quantitative estimate of drug-likeness (QED) is 0.650. The van der Waals surface area contributed by atoms with Crippen molar-refractivity contribution >= 4 is 18.4 Å². The van der Waals surface area contributed by atoms with Gasteiger partial charge in [0.15, 0.2) is 0 Å². The maximum absolute atomic E-state index is 11.0. The summed E-state index contributed by atoms with van der Waals surface area (Å²) in [6.45, 7) is 2.03. The van der Waals surface area contributed by atoms with Crippen LogP contribution in [0, 0.1) is 6.92 Å². The molecule has 96 valence electrons. The molecular weight excluding hydrogens is 244 g/mol. The molecule has 0 aliphatic rings. The van der Waals surface area contributed by atoms with E-state index in [-0.39, 0.29) is 29.3 Å². The van der Waals surface area contributed by atoms with Crippen LogP contribution in [0.25, 0.3) is 0 Å². The minimum Gasteiger partial charge on any atom is -0.507 e. The summed E-state index contributed by atoms with van der Waals surface area (Å²) < 4.78 is 0. The van der Waals surface area contributed by atoms with Crippen molar-refractivity contribution in [1.82, 2.24) is 0 Å². The summed E-state index contributed by atoms with van der Waals surface area (Å²) in [5.74, 6) is -1.15. The molecular formula is C11H17ClN2O3. The first-order valence-electron chi connectivity index (χ1n) is 5.00. The van der Waals surface area contributed by atoms with Crippen LogP contribution in [-0.4, -0.2) is 22.7 Å². The third-order valence-electron chi connectivity index (χ3n) is 2.50. The highest BCUT2D eigenvalue weighted by atomic mass is 35.5. The molecule has 5 nitrogen and oxygen atoms in total. The molecule has 1 atom stereocenters. The first kappa shape index (κ1) is 15.7. The minimum atomic E-state index is -1.10. The molecule has 0 fully saturated rings. The average molecular weight is 261 g/mol. The number of aryl methyl sites for hydroxylation is 1. The van der Waals surface area contributed by atoms with Crippen molar-refractivity contribution in [2.45, 2.75) is 19.4 Å². The van der Waals surface area contributed by atoms with Gasteiger partial charge in [-0.1, -0.05) is 6.07 Å². The molecule has 0 aromatic heterocycles. The molecule has 0 radical (unpaired) electrons. The largest absolute Gasteiger partial charge is 0.507 e. The molecule has 0 amide bonds. The molecule has 0 aliphatic carbocycles. The van der Waals surface area contributed by atoms with E-state index in [1.807, 2.05) is 0 Å².